The van der Waals surface area contributed by atoms with Crippen molar-refractivity contribution in [3.8, 4) is 0 Å². The normalized spacial score (nSPS) is 17.7. The van der Waals surface area contributed by atoms with Crippen LogP contribution in [0.1, 0.15) is 30.4 Å². The summed E-state index contributed by atoms with van der Waals surface area (Å²) in [5.41, 5.74) is 2.24. The maximum Gasteiger partial charge on any atom is 0.243 e. The number of rotatable bonds is 7. The molecule has 1 atom stereocenters. The fourth-order valence-electron chi connectivity index (χ4n) is 3.40. The van der Waals surface area contributed by atoms with Crippen LogP contribution in [0.4, 0.5) is 0 Å². The van der Waals surface area contributed by atoms with Crippen molar-refractivity contribution in [2.75, 3.05) is 13.1 Å². The third kappa shape index (κ3) is 4.76. The molecule has 1 saturated heterocycles. The smallest absolute Gasteiger partial charge is 0.243 e. The van der Waals surface area contributed by atoms with Gasteiger partial charge in [0.05, 0.1) is 4.90 Å². The third-order valence-corrected chi connectivity index (χ3v) is 6.84. The summed E-state index contributed by atoms with van der Waals surface area (Å²) in [6.07, 6.45) is 2.98. The van der Waals surface area contributed by atoms with Gasteiger partial charge >= 0.3 is 0 Å². The Morgan fingerprint density at radius 1 is 1.11 bits per heavy atom. The number of nitrogens with one attached hydrogen (secondary N) is 1. The van der Waals surface area contributed by atoms with Crippen LogP contribution in [0.2, 0.25) is 0 Å². The highest BCUT2D eigenvalue weighted by Crippen LogP contribution is 2.26. The Labute approximate surface area is 161 Å². The van der Waals surface area contributed by atoms with E-state index in [0.717, 1.165) is 18.4 Å². The molecule has 1 heterocycles. The highest BCUT2D eigenvalue weighted by Gasteiger charge is 2.39. The first kappa shape index (κ1) is 19.6. The summed E-state index contributed by atoms with van der Waals surface area (Å²) in [5.74, 6) is -0.198. The average molecular weight is 387 g/mol. The van der Waals surface area contributed by atoms with E-state index < -0.39 is 16.1 Å². The number of hydrogen-bond acceptors (Lipinski definition) is 3. The van der Waals surface area contributed by atoms with Gasteiger partial charge in [0.2, 0.25) is 15.9 Å². The summed E-state index contributed by atoms with van der Waals surface area (Å²) in [6.45, 7) is 2.85. The Hall–Kier alpha value is -2.18. The van der Waals surface area contributed by atoms with Crippen LogP contribution in [0.3, 0.4) is 0 Å². The van der Waals surface area contributed by atoms with Gasteiger partial charge in [-0.1, -0.05) is 48.0 Å². The van der Waals surface area contributed by atoms with Crippen LogP contribution in [-0.4, -0.2) is 37.8 Å². The number of carbonyl (C=O) groups is 1. The molecule has 6 heteroatoms. The molecular formula is C21H26N2O3S. The van der Waals surface area contributed by atoms with Crippen molar-refractivity contribution in [2.45, 2.75) is 43.5 Å². The number of hydrogen-bond donors (Lipinski definition) is 1. The molecule has 27 heavy (non-hydrogen) atoms. The van der Waals surface area contributed by atoms with Crippen LogP contribution in [0, 0.1) is 6.92 Å². The third-order valence-electron chi connectivity index (χ3n) is 4.92. The maximum absolute atomic E-state index is 12.9. The van der Waals surface area contributed by atoms with Crippen LogP contribution in [0.5, 0.6) is 0 Å². The Balaban J connectivity index is 1.58. The van der Waals surface area contributed by atoms with Crippen molar-refractivity contribution >= 4 is 15.9 Å². The monoisotopic (exact) mass is 386 g/mol. The van der Waals surface area contributed by atoms with Gasteiger partial charge in [0.15, 0.2) is 0 Å². The first-order valence-electron chi connectivity index (χ1n) is 9.38. The molecule has 2 aromatic carbocycles. The molecule has 0 aromatic heterocycles. The maximum atomic E-state index is 12.9. The van der Waals surface area contributed by atoms with Crippen molar-refractivity contribution < 1.29 is 13.2 Å². The molecule has 1 amide bonds. The molecule has 2 aromatic rings. The van der Waals surface area contributed by atoms with Crippen molar-refractivity contribution in [1.82, 2.24) is 9.62 Å². The Bertz CT molecular complexity index is 864. The summed E-state index contributed by atoms with van der Waals surface area (Å²) in [4.78, 5) is 12.8. The highest BCUT2D eigenvalue weighted by molar-refractivity contribution is 7.89. The van der Waals surface area contributed by atoms with Gasteiger partial charge in [0, 0.05) is 13.1 Å². The number of amides is 1. The van der Waals surface area contributed by atoms with E-state index >= 15 is 0 Å². The number of nitrogens with zero attached hydrogens (tertiary/aromatic N) is 1. The molecule has 1 N–H and O–H groups in total. The van der Waals surface area contributed by atoms with Gasteiger partial charge in [-0.3, -0.25) is 4.79 Å². The second-order valence-corrected chi connectivity index (χ2v) is 8.86. The number of sulfonamides is 1. The zero-order valence-electron chi connectivity index (χ0n) is 15.6. The van der Waals surface area contributed by atoms with Crippen LogP contribution in [-0.2, 0) is 21.2 Å². The van der Waals surface area contributed by atoms with Gasteiger partial charge in [-0.05, 0) is 50.3 Å². The lowest BCUT2D eigenvalue weighted by Gasteiger charge is -2.23. The lowest BCUT2D eigenvalue weighted by atomic mass is 10.1. The fraction of sp³-hybridized carbons (Fsp3) is 0.381. The molecule has 144 valence electrons. The van der Waals surface area contributed by atoms with Gasteiger partial charge in [0.1, 0.15) is 6.04 Å². The number of aryl methyl sites for hydroxylation is 2. The molecule has 0 radical (unpaired) electrons. The van der Waals surface area contributed by atoms with E-state index in [0.29, 0.717) is 25.9 Å². The minimum absolute atomic E-state index is 0.198. The molecule has 0 spiro atoms. The Morgan fingerprint density at radius 3 is 2.52 bits per heavy atom. The lowest BCUT2D eigenvalue weighted by molar-refractivity contribution is -0.124. The highest BCUT2D eigenvalue weighted by atomic mass is 32.2. The fourth-order valence-corrected chi connectivity index (χ4v) is 5.06. The van der Waals surface area contributed by atoms with Crippen LogP contribution in [0.15, 0.2) is 59.5 Å². The minimum atomic E-state index is -3.65. The predicted octanol–water partition coefficient (Wildman–Crippen LogP) is 2.90. The Kier molecular flexibility index (Phi) is 6.29. The number of carbonyl (C=O) groups excluding carboxylic acids is 1. The van der Waals surface area contributed by atoms with Crippen LogP contribution >= 0.6 is 0 Å². The van der Waals surface area contributed by atoms with E-state index in [9.17, 15) is 13.2 Å². The first-order chi connectivity index (χ1) is 13.0. The van der Waals surface area contributed by atoms with Crippen molar-refractivity contribution in [2.24, 2.45) is 0 Å². The second kappa shape index (κ2) is 8.67. The van der Waals surface area contributed by atoms with E-state index in [1.165, 1.54) is 9.87 Å². The first-order valence-corrected chi connectivity index (χ1v) is 10.8. The van der Waals surface area contributed by atoms with Gasteiger partial charge in [-0.2, -0.15) is 4.31 Å². The molecule has 1 aliphatic heterocycles. The van der Waals surface area contributed by atoms with Gasteiger partial charge in [-0.15, -0.1) is 0 Å². The van der Waals surface area contributed by atoms with Gasteiger partial charge in [-0.25, -0.2) is 8.42 Å². The standard InChI is InChI=1S/C21H26N2O3S/c1-17-11-13-19(14-12-17)27(25,26)23-16-6-10-20(23)21(24)22-15-5-9-18-7-3-2-4-8-18/h2-4,7-8,11-14,20H,5-6,9-10,15-16H2,1H3,(H,22,24)/t20-/m1/s1. The summed E-state index contributed by atoms with van der Waals surface area (Å²) in [7, 11) is -3.65. The molecule has 0 aliphatic carbocycles. The summed E-state index contributed by atoms with van der Waals surface area (Å²) >= 11 is 0. The lowest BCUT2D eigenvalue weighted by Crippen LogP contribution is -2.46. The average Bonchev–Trinajstić information content (AvgIpc) is 3.17. The van der Waals surface area contributed by atoms with Crippen LogP contribution < -0.4 is 5.32 Å². The topological polar surface area (TPSA) is 66.5 Å². The molecule has 0 bridgehead atoms. The van der Waals surface area contributed by atoms with Crippen LogP contribution in [0.25, 0.3) is 0 Å². The SMILES string of the molecule is Cc1ccc(S(=O)(=O)N2CCC[C@@H]2C(=O)NCCCc2ccccc2)cc1. The molecule has 0 unspecified atom stereocenters. The van der Waals surface area contributed by atoms with Gasteiger partial charge < -0.3 is 5.32 Å². The van der Waals surface area contributed by atoms with Gasteiger partial charge in [0.25, 0.3) is 0 Å². The molecule has 0 saturated carbocycles. The van der Waals surface area contributed by atoms with E-state index in [4.69, 9.17) is 0 Å². The van der Waals surface area contributed by atoms with Crippen molar-refractivity contribution in [1.29, 1.82) is 0 Å². The van der Waals surface area contributed by atoms with E-state index in [1.54, 1.807) is 24.3 Å². The van der Waals surface area contributed by atoms with E-state index in [2.05, 4.69) is 17.4 Å². The Morgan fingerprint density at radius 2 is 1.81 bits per heavy atom. The zero-order valence-corrected chi connectivity index (χ0v) is 16.4. The van der Waals surface area contributed by atoms with Crippen molar-refractivity contribution in [3.63, 3.8) is 0 Å². The largest absolute Gasteiger partial charge is 0.355 e. The molecule has 1 fully saturated rings. The quantitative estimate of drug-likeness (QED) is 0.744. The molecule has 3 rings (SSSR count). The predicted molar refractivity (Wildman–Crippen MR) is 106 cm³/mol. The van der Waals surface area contributed by atoms with E-state index in [-0.39, 0.29) is 10.8 Å². The second-order valence-electron chi connectivity index (χ2n) is 6.97. The number of benzene rings is 2. The summed E-state index contributed by atoms with van der Waals surface area (Å²) in [5, 5.41) is 2.91. The molecule has 5 nitrogen and oxygen atoms in total. The molecule has 1 aliphatic rings. The summed E-state index contributed by atoms with van der Waals surface area (Å²) in [6, 6.07) is 16.3. The van der Waals surface area contributed by atoms with E-state index in [1.807, 2.05) is 25.1 Å². The molecular weight excluding hydrogens is 360 g/mol. The zero-order chi connectivity index (χ0) is 19.3. The van der Waals surface area contributed by atoms with Crippen molar-refractivity contribution in [3.05, 3.63) is 65.7 Å². The minimum Gasteiger partial charge on any atom is -0.355 e. The summed E-state index contributed by atoms with van der Waals surface area (Å²) < 4.78 is 27.2.